The maximum absolute atomic E-state index is 14.4. The van der Waals surface area contributed by atoms with Gasteiger partial charge in [0.15, 0.2) is 11.9 Å². The van der Waals surface area contributed by atoms with Crippen LogP contribution in [-0.4, -0.2) is 182 Å². The van der Waals surface area contributed by atoms with Crippen LogP contribution in [0.4, 0.5) is 5.69 Å². The Labute approximate surface area is 488 Å². The topological polar surface area (TPSA) is 348 Å². The van der Waals surface area contributed by atoms with Crippen molar-refractivity contribution >= 4 is 82.2 Å². The first kappa shape index (κ1) is 69.7. The monoisotopic (exact) mass is 1180 g/mol. The van der Waals surface area contributed by atoms with E-state index >= 15 is 0 Å². The van der Waals surface area contributed by atoms with Gasteiger partial charge >= 0.3 is 17.9 Å². The minimum atomic E-state index is -1.15. The number of carboxylic acids is 1. The quantitative estimate of drug-likeness (QED) is 0.0561. The number of benzene rings is 1. The van der Waals surface area contributed by atoms with Crippen LogP contribution >= 0.6 is 11.3 Å². The number of anilines is 1. The summed E-state index contributed by atoms with van der Waals surface area (Å²) in [4.78, 5) is 151. The third-order valence-electron chi connectivity index (χ3n) is 13.7. The van der Waals surface area contributed by atoms with Gasteiger partial charge in [-0.1, -0.05) is 47.1 Å². The third-order valence-corrected chi connectivity index (χ3v) is 14.7. The molecule has 458 valence electrons. The zero-order valence-corrected chi connectivity index (χ0v) is 50.3. The van der Waals surface area contributed by atoms with Crippen molar-refractivity contribution in [1.82, 2.24) is 46.7 Å². The lowest BCUT2D eigenvalue weighted by Crippen LogP contribution is -2.60. The van der Waals surface area contributed by atoms with Crippen LogP contribution in [0.25, 0.3) is 0 Å². The van der Waals surface area contributed by atoms with Crippen molar-refractivity contribution < 1.29 is 76.8 Å². The normalized spacial score (nSPS) is 18.1. The third kappa shape index (κ3) is 23.7. The molecule has 2 unspecified atom stereocenters. The number of nitrogens with one attached hydrogen (secondary N) is 7. The molecule has 0 aliphatic carbocycles. The highest BCUT2D eigenvalue weighted by Gasteiger charge is 2.39. The first-order valence-corrected chi connectivity index (χ1v) is 28.3. The smallest absolute Gasteiger partial charge is 0.313 e. The standard InChI is InChI=1S/C56H82N10O16S/c1-13-33(4)49(64-55(78)56(8,9)65(10)11)53(75)66(12)41(32(2)3)29-43(81-36(7)67)52-63-40(31-83-52)51(74)61-38(26-34(5)54(76)77)27-37-14-15-42-39(28-37)62-47(71)30-59-50(73)35(6)60-46(70)18-22-79-24-20-57-44(68)16-17-45(69)58-21-25-80-23-19-48(72)82-42/h14-15,28,31-35,38,41,43,49H,13,18-27,29-30H2,1-12H3,(H,57,68)(H,58,69)(H,59,73)(H,60,70)(H,61,74)(H,62,71)(H,64,78)(H,76,77)/t33-,34?,35?,38+,41+,43+,49-/m0/s1. The van der Waals surface area contributed by atoms with Crippen LogP contribution in [0.2, 0.25) is 0 Å². The molecule has 0 saturated heterocycles. The van der Waals surface area contributed by atoms with Gasteiger partial charge in [0.2, 0.25) is 29.5 Å². The molecule has 0 bridgehead atoms. The van der Waals surface area contributed by atoms with Gasteiger partial charge < -0.3 is 66.2 Å². The van der Waals surface area contributed by atoms with Gasteiger partial charge in [0, 0.05) is 69.2 Å². The fraction of sp³-hybridized carbons (Fsp3) is 0.607. The SMILES string of the molecule is CC[C@H](C)[C@H](NC(=O)C(C)(C)N(C)C)C(=O)N(C)[C@H](C[C@@H](OC(C)=O)c1nc(C(=O)N[C@@H](Cc2ccc3c(c2)NC(=O)CNC(=O)C(C)NC(=O)CCOCCNC(=O)C#CC(=O)NCCOCCC(=O)O3)CC(C)C(=O)O)cs1)C(C)C. The maximum atomic E-state index is 14.4. The Balaban J connectivity index is 1.91. The maximum Gasteiger partial charge on any atom is 0.313 e. The van der Waals surface area contributed by atoms with Crippen molar-refractivity contribution in [2.24, 2.45) is 17.8 Å². The van der Waals surface area contributed by atoms with Gasteiger partial charge in [-0.3, -0.25) is 57.6 Å². The molecule has 8 N–H and O–H groups in total. The fourth-order valence-corrected chi connectivity index (χ4v) is 8.89. The number of carboxylic acid groups (broad SMARTS) is 1. The summed E-state index contributed by atoms with van der Waals surface area (Å²) in [6, 6.07) is 0.979. The molecule has 8 amide bonds. The van der Waals surface area contributed by atoms with Crippen LogP contribution < -0.4 is 42.0 Å². The Kier molecular flexibility index (Phi) is 28.7. The molecule has 7 atom stereocenters. The van der Waals surface area contributed by atoms with E-state index in [4.69, 9.17) is 18.9 Å². The van der Waals surface area contributed by atoms with Crippen LogP contribution in [0, 0.1) is 29.6 Å². The number of likely N-dealkylation sites (N-methyl/N-ethyl adjacent to an activating group) is 2. The van der Waals surface area contributed by atoms with Gasteiger partial charge in [-0.05, 0) is 77.2 Å². The molecular weight excluding hydrogens is 1100 g/mol. The van der Waals surface area contributed by atoms with Gasteiger partial charge in [-0.25, -0.2) is 4.98 Å². The summed E-state index contributed by atoms with van der Waals surface area (Å²) >= 11 is 1.04. The van der Waals surface area contributed by atoms with Crippen molar-refractivity contribution in [2.75, 3.05) is 72.5 Å². The highest BCUT2D eigenvalue weighted by Crippen LogP contribution is 2.32. The summed E-state index contributed by atoms with van der Waals surface area (Å²) in [5, 5.41) is 30.0. The molecule has 0 saturated carbocycles. The molecule has 1 aliphatic rings. The van der Waals surface area contributed by atoms with Gasteiger partial charge in [-0.15, -0.1) is 11.3 Å². The summed E-state index contributed by atoms with van der Waals surface area (Å²) < 4.78 is 22.2. The largest absolute Gasteiger partial charge is 0.481 e. The number of hydrogen-bond donors (Lipinski definition) is 8. The number of carbonyl (C=O) groups is 11. The zero-order chi connectivity index (χ0) is 62.1. The Morgan fingerprint density at radius 1 is 0.880 bits per heavy atom. The summed E-state index contributed by atoms with van der Waals surface area (Å²) in [7, 11) is 5.18. The predicted molar refractivity (Wildman–Crippen MR) is 304 cm³/mol. The van der Waals surface area contributed by atoms with E-state index in [9.17, 15) is 57.8 Å². The molecule has 27 heteroatoms. The number of fused-ring (bicyclic) bond motifs is 1. The second-order valence-electron chi connectivity index (χ2n) is 21.2. The van der Waals surface area contributed by atoms with E-state index in [2.05, 4.69) is 54.0 Å². The van der Waals surface area contributed by atoms with Crippen molar-refractivity contribution in [2.45, 2.75) is 137 Å². The van der Waals surface area contributed by atoms with Crippen LogP contribution in [0.15, 0.2) is 23.6 Å². The number of carbonyl (C=O) groups excluding carboxylic acids is 10. The molecule has 1 aromatic heterocycles. The number of rotatable bonds is 19. The average Bonchev–Trinajstić information content (AvgIpc) is 4.09. The second-order valence-corrected chi connectivity index (χ2v) is 22.0. The summed E-state index contributed by atoms with van der Waals surface area (Å²) in [5.74, 6) is -4.67. The second kappa shape index (κ2) is 34.2. The molecule has 26 nitrogen and oxygen atoms in total. The highest BCUT2D eigenvalue weighted by atomic mass is 32.1. The lowest BCUT2D eigenvalue weighted by atomic mass is 9.92. The number of aromatic nitrogens is 1. The van der Waals surface area contributed by atoms with Gasteiger partial charge in [0.05, 0.1) is 56.5 Å². The van der Waals surface area contributed by atoms with E-state index in [1.54, 1.807) is 44.8 Å². The summed E-state index contributed by atoms with van der Waals surface area (Å²) in [5.41, 5.74) is -0.610. The molecule has 1 aliphatic heterocycles. The number of aliphatic carboxylic acids is 1. The van der Waals surface area contributed by atoms with E-state index in [-0.39, 0.29) is 117 Å². The van der Waals surface area contributed by atoms with Gasteiger partial charge in [0.25, 0.3) is 17.7 Å². The Morgan fingerprint density at radius 2 is 1.51 bits per heavy atom. The summed E-state index contributed by atoms with van der Waals surface area (Å²) in [6.45, 7) is 14.5. The van der Waals surface area contributed by atoms with Gasteiger partial charge in [-0.2, -0.15) is 0 Å². The van der Waals surface area contributed by atoms with E-state index < -0.39 is 102 Å². The highest BCUT2D eigenvalue weighted by molar-refractivity contribution is 7.09. The lowest BCUT2D eigenvalue weighted by molar-refractivity contribution is -0.149. The zero-order valence-electron chi connectivity index (χ0n) is 49.4. The summed E-state index contributed by atoms with van der Waals surface area (Å²) in [6.07, 6.45) is -0.881. The molecular formula is C56H82N10O16S. The van der Waals surface area contributed by atoms with Crippen molar-refractivity contribution in [3.05, 3.63) is 39.8 Å². The van der Waals surface area contributed by atoms with E-state index in [0.717, 1.165) is 11.3 Å². The molecule has 83 heavy (non-hydrogen) atoms. The van der Waals surface area contributed by atoms with Crippen molar-refractivity contribution in [3.63, 3.8) is 0 Å². The number of nitrogens with zero attached hydrogens (tertiary/aromatic N) is 3. The van der Waals surface area contributed by atoms with Crippen LogP contribution in [0.5, 0.6) is 5.75 Å². The molecule has 2 heterocycles. The molecule has 1 aromatic carbocycles. The number of ether oxygens (including phenoxy) is 4. The molecule has 0 fully saturated rings. The first-order valence-electron chi connectivity index (χ1n) is 27.4. The number of thiazole rings is 1. The molecule has 2 aromatic rings. The number of hydrogen-bond acceptors (Lipinski definition) is 18. The average molecular weight is 1180 g/mol. The van der Waals surface area contributed by atoms with E-state index in [0.29, 0.717) is 12.0 Å². The van der Waals surface area contributed by atoms with Crippen LogP contribution in [-0.2, 0) is 68.6 Å². The first-order chi connectivity index (χ1) is 39.0. The predicted octanol–water partition coefficient (Wildman–Crippen LogP) is 1.47. The molecule has 3 rings (SSSR count). The Bertz CT molecular complexity index is 2690. The number of esters is 2. The van der Waals surface area contributed by atoms with Crippen molar-refractivity contribution in [1.29, 1.82) is 0 Å². The number of amides is 8. The van der Waals surface area contributed by atoms with E-state index in [1.807, 2.05) is 27.7 Å². The minimum absolute atomic E-state index is 0.00559. The van der Waals surface area contributed by atoms with E-state index in [1.165, 1.54) is 44.4 Å². The Morgan fingerprint density at radius 3 is 2.08 bits per heavy atom. The van der Waals surface area contributed by atoms with Crippen molar-refractivity contribution in [3.8, 4) is 17.6 Å². The minimum Gasteiger partial charge on any atom is -0.481 e. The fourth-order valence-electron chi connectivity index (χ4n) is 8.05. The van der Waals surface area contributed by atoms with Gasteiger partial charge in [0.1, 0.15) is 22.8 Å². The molecule has 0 radical (unpaired) electrons. The lowest BCUT2D eigenvalue weighted by Gasteiger charge is -2.38. The van der Waals surface area contributed by atoms with Crippen LogP contribution in [0.1, 0.15) is 122 Å². The molecule has 0 spiro atoms. The Hall–Kier alpha value is -7.54. The van der Waals surface area contributed by atoms with Crippen LogP contribution in [0.3, 0.4) is 0 Å².